The minimum Gasteiger partial charge on any atom is -0.359 e. The number of fused-ring (bicyclic) bond motifs is 1. The highest BCUT2D eigenvalue weighted by Crippen LogP contribution is 2.22. The number of nitrogens with one attached hydrogen (secondary N) is 4. The van der Waals surface area contributed by atoms with Gasteiger partial charge in [0.05, 0.1) is 12.2 Å². The third-order valence-corrected chi connectivity index (χ3v) is 2.87. The molecule has 1 aliphatic heterocycles. The van der Waals surface area contributed by atoms with Crippen LogP contribution in [0.3, 0.4) is 0 Å². The Morgan fingerprint density at radius 1 is 1.21 bits per heavy atom. The Bertz CT molecular complexity index is 687. The van der Waals surface area contributed by atoms with Crippen LogP contribution in [0, 0.1) is 0 Å². The van der Waals surface area contributed by atoms with Crippen LogP contribution in [-0.2, 0) is 4.79 Å². The first kappa shape index (κ1) is 11.3. The molecule has 1 aromatic heterocycles. The number of rotatable bonds is 2. The molecule has 2 heterocycles. The van der Waals surface area contributed by atoms with E-state index in [0.29, 0.717) is 17.9 Å². The number of aromatic amines is 1. The van der Waals surface area contributed by atoms with Crippen LogP contribution in [0.15, 0.2) is 42.2 Å². The van der Waals surface area contributed by atoms with Crippen molar-refractivity contribution in [3.63, 3.8) is 0 Å². The molecule has 0 bridgehead atoms. The summed E-state index contributed by atoms with van der Waals surface area (Å²) in [5, 5.41) is 8.89. The molecule has 0 fully saturated rings. The van der Waals surface area contributed by atoms with Gasteiger partial charge in [0.25, 0.3) is 0 Å². The van der Waals surface area contributed by atoms with Crippen molar-refractivity contribution in [3.8, 4) is 0 Å². The number of H-pyrrole nitrogens is 1. The summed E-state index contributed by atoms with van der Waals surface area (Å²) in [7, 11) is 0. The predicted molar refractivity (Wildman–Crippen MR) is 71.5 cm³/mol. The van der Waals surface area contributed by atoms with E-state index in [9.17, 15) is 9.59 Å². The van der Waals surface area contributed by atoms with Gasteiger partial charge in [-0.3, -0.25) is 4.79 Å². The first-order valence-electron chi connectivity index (χ1n) is 5.85. The van der Waals surface area contributed by atoms with E-state index in [-0.39, 0.29) is 11.9 Å². The smallest absolute Gasteiger partial charge is 0.323 e. The number of urea groups is 1. The van der Waals surface area contributed by atoms with E-state index in [1.165, 1.54) is 6.08 Å². The molecule has 3 amide bonds. The van der Waals surface area contributed by atoms with Crippen LogP contribution in [0.4, 0.5) is 10.5 Å². The molecule has 0 spiro atoms. The van der Waals surface area contributed by atoms with Crippen molar-refractivity contribution in [2.45, 2.75) is 0 Å². The van der Waals surface area contributed by atoms with E-state index in [0.717, 1.165) is 10.9 Å². The van der Waals surface area contributed by atoms with Gasteiger partial charge in [0.1, 0.15) is 0 Å². The molecule has 96 valence electrons. The standard InChI is InChI=1S/C13H12N4O2/c18-12-5-8(6-15-12)16-13(19)17-11-7-14-10-4-2-1-3-9(10)11/h1-5,7,14H,6H2,(H,15,18)(H2,16,17,19). The van der Waals surface area contributed by atoms with Gasteiger partial charge in [0, 0.05) is 28.9 Å². The fourth-order valence-corrected chi connectivity index (χ4v) is 2.00. The number of aromatic nitrogens is 1. The minimum absolute atomic E-state index is 0.192. The number of para-hydroxylation sites is 1. The molecule has 0 aliphatic carbocycles. The van der Waals surface area contributed by atoms with Crippen molar-refractivity contribution < 1.29 is 9.59 Å². The zero-order valence-corrected chi connectivity index (χ0v) is 9.99. The minimum atomic E-state index is -0.368. The zero-order valence-electron chi connectivity index (χ0n) is 9.99. The number of carbonyl (C=O) groups excluding carboxylic acids is 2. The lowest BCUT2D eigenvalue weighted by atomic mass is 10.2. The van der Waals surface area contributed by atoms with Crippen molar-refractivity contribution in [3.05, 3.63) is 42.2 Å². The molecule has 0 atom stereocenters. The van der Waals surface area contributed by atoms with Gasteiger partial charge in [-0.15, -0.1) is 0 Å². The predicted octanol–water partition coefficient (Wildman–Crippen LogP) is 1.30. The molecule has 0 radical (unpaired) electrons. The summed E-state index contributed by atoms with van der Waals surface area (Å²) in [4.78, 5) is 25.8. The summed E-state index contributed by atoms with van der Waals surface area (Å²) < 4.78 is 0. The average molecular weight is 256 g/mol. The van der Waals surface area contributed by atoms with Gasteiger partial charge in [-0.1, -0.05) is 18.2 Å². The van der Waals surface area contributed by atoms with E-state index in [1.807, 2.05) is 24.3 Å². The summed E-state index contributed by atoms with van der Waals surface area (Å²) in [5.41, 5.74) is 2.21. The van der Waals surface area contributed by atoms with E-state index in [1.54, 1.807) is 6.20 Å². The van der Waals surface area contributed by atoms with Crippen LogP contribution < -0.4 is 16.0 Å². The van der Waals surface area contributed by atoms with Crippen LogP contribution in [0.5, 0.6) is 0 Å². The Hall–Kier alpha value is -2.76. The van der Waals surface area contributed by atoms with Gasteiger partial charge < -0.3 is 20.9 Å². The monoisotopic (exact) mass is 256 g/mol. The lowest BCUT2D eigenvalue weighted by Gasteiger charge is -2.06. The number of carbonyl (C=O) groups is 2. The molecule has 6 heteroatoms. The van der Waals surface area contributed by atoms with Gasteiger partial charge in [-0.2, -0.15) is 0 Å². The highest BCUT2D eigenvalue weighted by Gasteiger charge is 2.13. The lowest BCUT2D eigenvalue weighted by Crippen LogP contribution is -2.30. The van der Waals surface area contributed by atoms with E-state index >= 15 is 0 Å². The van der Waals surface area contributed by atoms with Gasteiger partial charge in [-0.25, -0.2) is 4.79 Å². The van der Waals surface area contributed by atoms with Crippen LogP contribution >= 0.6 is 0 Å². The van der Waals surface area contributed by atoms with E-state index < -0.39 is 0 Å². The van der Waals surface area contributed by atoms with Gasteiger partial charge in [0.15, 0.2) is 0 Å². The normalized spacial score (nSPS) is 14.1. The first-order valence-corrected chi connectivity index (χ1v) is 5.85. The second kappa shape index (κ2) is 4.49. The number of anilines is 1. The summed E-state index contributed by atoms with van der Waals surface area (Å²) in [6.07, 6.45) is 3.10. The zero-order chi connectivity index (χ0) is 13.2. The quantitative estimate of drug-likeness (QED) is 0.653. The van der Waals surface area contributed by atoms with Gasteiger partial charge in [-0.05, 0) is 6.07 Å². The third-order valence-electron chi connectivity index (χ3n) is 2.87. The van der Waals surface area contributed by atoms with Crippen molar-refractivity contribution in [1.82, 2.24) is 15.6 Å². The second-order valence-corrected chi connectivity index (χ2v) is 4.21. The third kappa shape index (κ3) is 2.28. The molecular formula is C13H12N4O2. The average Bonchev–Trinajstić information content (AvgIpc) is 2.97. The van der Waals surface area contributed by atoms with Crippen molar-refractivity contribution in [1.29, 1.82) is 0 Å². The Morgan fingerprint density at radius 2 is 2.05 bits per heavy atom. The van der Waals surface area contributed by atoms with Crippen LogP contribution in [-0.4, -0.2) is 23.5 Å². The van der Waals surface area contributed by atoms with E-state index in [2.05, 4.69) is 20.9 Å². The van der Waals surface area contributed by atoms with E-state index in [4.69, 9.17) is 0 Å². The summed E-state index contributed by atoms with van der Waals surface area (Å²) in [6.45, 7) is 0.347. The molecule has 0 saturated heterocycles. The maximum Gasteiger partial charge on any atom is 0.323 e. The SMILES string of the molecule is O=C1C=C(NC(=O)Nc2c[nH]c3ccccc23)CN1. The van der Waals surface area contributed by atoms with Crippen LogP contribution in [0.25, 0.3) is 10.9 Å². The molecule has 0 unspecified atom stereocenters. The van der Waals surface area contributed by atoms with Crippen molar-refractivity contribution in [2.24, 2.45) is 0 Å². The molecule has 3 rings (SSSR count). The van der Waals surface area contributed by atoms with Crippen molar-refractivity contribution in [2.75, 3.05) is 11.9 Å². The summed E-state index contributed by atoms with van der Waals surface area (Å²) in [5.74, 6) is -0.192. The molecule has 4 N–H and O–H groups in total. The van der Waals surface area contributed by atoms with Gasteiger partial charge in [0.2, 0.25) is 5.91 Å². The molecular weight excluding hydrogens is 244 g/mol. The molecule has 0 saturated carbocycles. The Morgan fingerprint density at radius 3 is 2.84 bits per heavy atom. The van der Waals surface area contributed by atoms with Crippen LogP contribution in [0.1, 0.15) is 0 Å². The number of hydrogen-bond acceptors (Lipinski definition) is 2. The molecule has 6 nitrogen and oxygen atoms in total. The Balaban J connectivity index is 1.73. The topological polar surface area (TPSA) is 86.0 Å². The highest BCUT2D eigenvalue weighted by atomic mass is 16.2. The fourth-order valence-electron chi connectivity index (χ4n) is 2.00. The van der Waals surface area contributed by atoms with Crippen molar-refractivity contribution >= 4 is 28.5 Å². The number of amides is 3. The largest absolute Gasteiger partial charge is 0.359 e. The first-order chi connectivity index (χ1) is 9.22. The number of hydrogen-bond donors (Lipinski definition) is 4. The summed E-state index contributed by atoms with van der Waals surface area (Å²) in [6, 6.07) is 7.31. The lowest BCUT2D eigenvalue weighted by molar-refractivity contribution is -0.115. The molecule has 1 aromatic carbocycles. The fraction of sp³-hybridized carbons (Fsp3) is 0.0769. The second-order valence-electron chi connectivity index (χ2n) is 4.21. The maximum atomic E-state index is 11.8. The summed E-state index contributed by atoms with van der Waals surface area (Å²) >= 11 is 0. The number of benzene rings is 1. The Kier molecular flexibility index (Phi) is 2.68. The Labute approximate surface area is 108 Å². The van der Waals surface area contributed by atoms with Crippen LogP contribution in [0.2, 0.25) is 0 Å². The highest BCUT2D eigenvalue weighted by molar-refractivity contribution is 6.02. The van der Waals surface area contributed by atoms with Gasteiger partial charge >= 0.3 is 6.03 Å². The molecule has 2 aromatic rings. The molecule has 1 aliphatic rings. The maximum absolute atomic E-state index is 11.8. The molecule has 19 heavy (non-hydrogen) atoms.